The zero-order chi connectivity index (χ0) is 13.6. The molecule has 19 heavy (non-hydrogen) atoms. The van der Waals surface area contributed by atoms with Crippen LogP contribution >= 0.6 is 0 Å². The molecule has 102 valence electrons. The van der Waals surface area contributed by atoms with Crippen LogP contribution in [0.4, 0.5) is 8.78 Å². The highest BCUT2D eigenvalue weighted by molar-refractivity contribution is 6.00. The first-order chi connectivity index (χ1) is 9.08. The van der Waals surface area contributed by atoms with E-state index in [1.54, 1.807) is 0 Å². The fourth-order valence-corrected chi connectivity index (χ4v) is 2.88. The van der Waals surface area contributed by atoms with Gasteiger partial charge in [0.05, 0.1) is 11.6 Å². The van der Waals surface area contributed by atoms with E-state index in [9.17, 15) is 13.6 Å². The lowest BCUT2D eigenvalue weighted by Crippen LogP contribution is -2.63. The zero-order valence-corrected chi connectivity index (χ0v) is 10.8. The molecule has 0 saturated carbocycles. The third-order valence-electron chi connectivity index (χ3n) is 4.12. The average molecular weight is 266 g/mol. The van der Waals surface area contributed by atoms with Crippen LogP contribution in [0.15, 0.2) is 12.1 Å². The Balaban J connectivity index is 1.90. The molecule has 0 aromatic heterocycles. The van der Waals surface area contributed by atoms with Gasteiger partial charge in [-0.15, -0.1) is 0 Å². The minimum Gasteiger partial charge on any atom is -0.299 e. The predicted molar refractivity (Wildman–Crippen MR) is 67.2 cm³/mol. The highest BCUT2D eigenvalue weighted by atomic mass is 19.2. The smallest absolute Gasteiger partial charge is 0.184 e. The van der Waals surface area contributed by atoms with Crippen LogP contribution < -0.4 is 0 Å². The van der Waals surface area contributed by atoms with Crippen LogP contribution in [0.1, 0.15) is 15.9 Å². The van der Waals surface area contributed by atoms with Crippen LogP contribution in [0.25, 0.3) is 0 Å². The minimum absolute atomic E-state index is 0.123. The topological polar surface area (TPSA) is 23.6 Å². The Bertz CT molecular complexity index is 524. The van der Waals surface area contributed by atoms with E-state index >= 15 is 0 Å². The number of nitrogens with zero attached hydrogens (tertiary/aromatic N) is 2. The monoisotopic (exact) mass is 266 g/mol. The molecule has 5 heteroatoms. The Morgan fingerprint density at radius 1 is 1.16 bits per heavy atom. The van der Waals surface area contributed by atoms with E-state index in [1.807, 2.05) is 0 Å². The van der Waals surface area contributed by atoms with Crippen molar-refractivity contribution in [1.29, 1.82) is 0 Å². The Morgan fingerprint density at radius 2 is 1.84 bits per heavy atom. The maximum atomic E-state index is 13.9. The first-order valence-electron chi connectivity index (χ1n) is 6.53. The van der Waals surface area contributed by atoms with Gasteiger partial charge in [0.15, 0.2) is 17.4 Å². The highest BCUT2D eigenvalue weighted by Crippen LogP contribution is 2.22. The molecule has 4 rings (SSSR count). The second-order valence-corrected chi connectivity index (χ2v) is 5.27. The number of hydrogen-bond donors (Lipinski definition) is 0. The Labute approximate surface area is 110 Å². The van der Waals surface area contributed by atoms with Crippen LogP contribution in [0, 0.1) is 18.6 Å². The molecule has 2 bridgehead atoms. The molecule has 0 N–H and O–H groups in total. The molecule has 3 aliphatic rings. The van der Waals surface area contributed by atoms with Gasteiger partial charge in [-0.2, -0.15) is 0 Å². The van der Waals surface area contributed by atoms with Crippen LogP contribution in [0.5, 0.6) is 0 Å². The largest absolute Gasteiger partial charge is 0.299 e. The molecule has 1 aromatic carbocycles. The van der Waals surface area contributed by atoms with Crippen molar-refractivity contribution in [2.75, 3.05) is 32.7 Å². The van der Waals surface area contributed by atoms with Gasteiger partial charge in [0.2, 0.25) is 0 Å². The molecule has 3 aliphatic heterocycles. The van der Waals surface area contributed by atoms with E-state index < -0.39 is 11.6 Å². The number of benzene rings is 1. The van der Waals surface area contributed by atoms with E-state index in [1.165, 1.54) is 19.1 Å². The molecule has 3 saturated heterocycles. The molecular weight excluding hydrogens is 250 g/mol. The Hall–Kier alpha value is -1.33. The number of carbonyl (C=O) groups excluding carboxylic acids is 1. The molecule has 3 nitrogen and oxygen atoms in total. The summed E-state index contributed by atoms with van der Waals surface area (Å²) in [6.07, 6.45) is 0. The Morgan fingerprint density at radius 3 is 2.42 bits per heavy atom. The quantitative estimate of drug-likeness (QED) is 0.757. The van der Waals surface area contributed by atoms with E-state index in [0.717, 1.165) is 26.2 Å². The van der Waals surface area contributed by atoms with Crippen molar-refractivity contribution in [3.8, 4) is 0 Å². The number of Topliss-reactive ketones (excluding diaryl/α,β-unsaturated/α-hetero) is 1. The summed E-state index contributed by atoms with van der Waals surface area (Å²) in [6, 6.07) is 2.52. The van der Waals surface area contributed by atoms with Gasteiger partial charge in [-0.1, -0.05) is 6.07 Å². The fraction of sp³-hybridized carbons (Fsp3) is 0.500. The van der Waals surface area contributed by atoms with Crippen molar-refractivity contribution >= 4 is 5.78 Å². The van der Waals surface area contributed by atoms with Gasteiger partial charge < -0.3 is 0 Å². The normalized spacial score (nSPS) is 29.5. The third-order valence-corrected chi connectivity index (χ3v) is 4.12. The van der Waals surface area contributed by atoms with Gasteiger partial charge in [-0.25, -0.2) is 8.78 Å². The van der Waals surface area contributed by atoms with Gasteiger partial charge in [0.1, 0.15) is 0 Å². The molecule has 0 spiro atoms. The SMILES string of the molecule is Cc1ccc(C(=O)C2CN3CCN2CC3)c(F)c1F. The molecular formula is C14H16F2N2O. The summed E-state index contributed by atoms with van der Waals surface area (Å²) in [4.78, 5) is 16.7. The summed E-state index contributed by atoms with van der Waals surface area (Å²) in [5.74, 6) is -2.23. The van der Waals surface area contributed by atoms with Crippen molar-refractivity contribution < 1.29 is 13.6 Å². The Kier molecular flexibility index (Phi) is 3.11. The van der Waals surface area contributed by atoms with Gasteiger partial charge in [-0.3, -0.25) is 14.6 Å². The van der Waals surface area contributed by atoms with E-state index in [-0.39, 0.29) is 23.0 Å². The fourth-order valence-electron chi connectivity index (χ4n) is 2.88. The summed E-state index contributed by atoms with van der Waals surface area (Å²) in [5.41, 5.74) is 0.102. The van der Waals surface area contributed by atoms with Gasteiger partial charge >= 0.3 is 0 Å². The zero-order valence-electron chi connectivity index (χ0n) is 10.8. The van der Waals surface area contributed by atoms with Crippen molar-refractivity contribution in [3.05, 3.63) is 34.9 Å². The lowest BCUT2D eigenvalue weighted by atomic mass is 9.97. The number of halogens is 2. The summed E-state index contributed by atoms with van der Waals surface area (Å²) in [5, 5.41) is 0. The van der Waals surface area contributed by atoms with E-state index in [4.69, 9.17) is 0 Å². The number of fused-ring (bicyclic) bond motifs is 3. The molecule has 0 radical (unpaired) electrons. The average Bonchev–Trinajstić information content (AvgIpc) is 2.45. The van der Waals surface area contributed by atoms with Crippen molar-refractivity contribution in [1.82, 2.24) is 9.80 Å². The van der Waals surface area contributed by atoms with Crippen molar-refractivity contribution in [2.45, 2.75) is 13.0 Å². The molecule has 1 unspecified atom stereocenters. The maximum absolute atomic E-state index is 13.9. The van der Waals surface area contributed by atoms with Crippen molar-refractivity contribution in [2.24, 2.45) is 0 Å². The lowest BCUT2D eigenvalue weighted by Gasteiger charge is -2.46. The van der Waals surface area contributed by atoms with Crippen LogP contribution in [-0.4, -0.2) is 54.3 Å². The van der Waals surface area contributed by atoms with Crippen LogP contribution in [0.3, 0.4) is 0 Å². The number of aryl methyl sites for hydroxylation is 1. The second kappa shape index (κ2) is 4.65. The second-order valence-electron chi connectivity index (χ2n) is 5.27. The molecule has 3 fully saturated rings. The molecule has 3 heterocycles. The van der Waals surface area contributed by atoms with Gasteiger partial charge in [-0.05, 0) is 18.6 Å². The number of hydrogen-bond acceptors (Lipinski definition) is 3. The first kappa shape index (κ1) is 12.7. The first-order valence-corrected chi connectivity index (χ1v) is 6.53. The standard InChI is InChI=1S/C14H16F2N2O/c1-9-2-3-10(13(16)12(9)15)14(19)11-8-17-4-6-18(11)7-5-17/h2-3,11H,4-8H2,1H3. The lowest BCUT2D eigenvalue weighted by molar-refractivity contribution is 0.0156. The summed E-state index contributed by atoms with van der Waals surface area (Å²) in [6.45, 7) is 5.67. The maximum Gasteiger partial charge on any atom is 0.184 e. The van der Waals surface area contributed by atoms with E-state index in [0.29, 0.717) is 6.54 Å². The molecule has 0 amide bonds. The number of rotatable bonds is 2. The van der Waals surface area contributed by atoms with E-state index in [2.05, 4.69) is 9.80 Å². The van der Waals surface area contributed by atoms with Gasteiger partial charge in [0, 0.05) is 32.7 Å². The van der Waals surface area contributed by atoms with Crippen LogP contribution in [0.2, 0.25) is 0 Å². The van der Waals surface area contributed by atoms with Crippen molar-refractivity contribution in [3.63, 3.8) is 0 Å². The summed E-state index contributed by atoms with van der Waals surface area (Å²) >= 11 is 0. The van der Waals surface area contributed by atoms with Crippen LogP contribution in [-0.2, 0) is 0 Å². The summed E-state index contributed by atoms with van der Waals surface area (Å²) < 4.78 is 27.4. The third kappa shape index (κ3) is 2.07. The number of carbonyl (C=O) groups is 1. The highest BCUT2D eigenvalue weighted by Gasteiger charge is 2.37. The molecule has 1 aromatic rings. The summed E-state index contributed by atoms with van der Waals surface area (Å²) in [7, 11) is 0. The number of piperazine rings is 3. The molecule has 0 aliphatic carbocycles. The molecule has 1 atom stereocenters. The minimum atomic E-state index is -1.01. The predicted octanol–water partition coefficient (Wildman–Crippen LogP) is 1.46. The number of ketones is 1. The van der Waals surface area contributed by atoms with Gasteiger partial charge in [0.25, 0.3) is 0 Å².